The number of fused-ring (bicyclic) bond motifs is 1. The summed E-state index contributed by atoms with van der Waals surface area (Å²) < 4.78 is 40.9. The van der Waals surface area contributed by atoms with Crippen LogP contribution in [0.3, 0.4) is 0 Å². The second-order valence-electron chi connectivity index (χ2n) is 6.57. The minimum Gasteiger partial charge on any atom is -0.289 e. The zero-order valence-corrected chi connectivity index (χ0v) is 14.2. The maximum absolute atomic E-state index is 13.3. The molecular weight excluding hydrogens is 343 g/mol. The molecule has 0 unspecified atom stereocenters. The normalized spacial score (nSPS) is 18.7. The number of rotatable bonds is 3. The molecule has 26 heavy (non-hydrogen) atoms. The number of hydrogen-bond acceptors (Lipinski definition) is 4. The van der Waals surface area contributed by atoms with Crippen LogP contribution in [0.25, 0.3) is 5.65 Å². The van der Waals surface area contributed by atoms with E-state index >= 15 is 0 Å². The minimum absolute atomic E-state index is 0.0277. The summed E-state index contributed by atoms with van der Waals surface area (Å²) in [7, 11) is 0. The Morgan fingerprint density at radius 3 is 2.81 bits per heavy atom. The highest BCUT2D eigenvalue weighted by molar-refractivity contribution is 5.43. The molecule has 0 bridgehead atoms. The molecule has 4 heterocycles. The third-order valence-electron chi connectivity index (χ3n) is 4.66. The molecule has 5 nitrogen and oxygen atoms in total. The van der Waals surface area contributed by atoms with Crippen LogP contribution in [0.2, 0.25) is 0 Å². The molecule has 136 valence electrons. The van der Waals surface area contributed by atoms with Crippen LogP contribution < -0.4 is 0 Å². The lowest BCUT2D eigenvalue weighted by Gasteiger charge is -2.22. The number of alkyl halides is 3. The lowest BCUT2D eigenvalue weighted by molar-refractivity contribution is -0.142. The third-order valence-corrected chi connectivity index (χ3v) is 4.66. The number of aryl methyl sites for hydroxylation is 1. The first-order chi connectivity index (χ1) is 12.4. The zero-order valence-electron chi connectivity index (χ0n) is 14.2. The number of aromatic nitrogens is 4. The van der Waals surface area contributed by atoms with E-state index < -0.39 is 11.9 Å². The van der Waals surface area contributed by atoms with E-state index in [1.807, 2.05) is 18.2 Å². The summed E-state index contributed by atoms with van der Waals surface area (Å²) in [5, 5.41) is 4.27. The molecule has 1 aliphatic heterocycles. The van der Waals surface area contributed by atoms with Crippen LogP contribution in [0.15, 0.2) is 36.5 Å². The maximum atomic E-state index is 13.3. The smallest absolute Gasteiger partial charge is 0.289 e. The van der Waals surface area contributed by atoms with Crippen molar-refractivity contribution in [2.75, 3.05) is 6.54 Å². The molecular formula is C18H18F3N5. The lowest BCUT2D eigenvalue weighted by atomic mass is 10.1. The SMILES string of the molecule is Cc1cc(C(F)(F)F)n2nc([C@@H]3CCCN3Cc3ccccn3)cc2n1. The van der Waals surface area contributed by atoms with Crippen LogP contribution in [0.1, 0.15) is 41.7 Å². The van der Waals surface area contributed by atoms with Crippen LogP contribution >= 0.6 is 0 Å². The summed E-state index contributed by atoms with van der Waals surface area (Å²) in [6.07, 6.45) is -0.896. The largest absolute Gasteiger partial charge is 0.433 e. The minimum atomic E-state index is -4.47. The first-order valence-corrected chi connectivity index (χ1v) is 8.50. The predicted octanol–water partition coefficient (Wildman–Crippen LogP) is 3.79. The average Bonchev–Trinajstić information content (AvgIpc) is 3.20. The molecule has 8 heteroatoms. The highest BCUT2D eigenvalue weighted by Gasteiger charge is 2.36. The molecule has 0 N–H and O–H groups in total. The third kappa shape index (κ3) is 3.16. The van der Waals surface area contributed by atoms with Gasteiger partial charge in [-0.15, -0.1) is 0 Å². The fourth-order valence-electron chi connectivity index (χ4n) is 3.53. The first-order valence-electron chi connectivity index (χ1n) is 8.50. The Morgan fingerprint density at radius 1 is 1.23 bits per heavy atom. The zero-order chi connectivity index (χ0) is 18.3. The molecule has 3 aromatic rings. The van der Waals surface area contributed by atoms with Gasteiger partial charge < -0.3 is 0 Å². The van der Waals surface area contributed by atoms with Crippen molar-refractivity contribution in [3.8, 4) is 0 Å². The highest BCUT2D eigenvalue weighted by atomic mass is 19.4. The van der Waals surface area contributed by atoms with E-state index in [1.165, 1.54) is 0 Å². The summed E-state index contributed by atoms with van der Waals surface area (Å²) in [4.78, 5) is 10.8. The van der Waals surface area contributed by atoms with E-state index in [1.54, 1.807) is 19.2 Å². The Balaban J connectivity index is 1.70. The molecule has 0 spiro atoms. The van der Waals surface area contributed by atoms with Crippen molar-refractivity contribution < 1.29 is 13.2 Å². The van der Waals surface area contributed by atoms with Crippen molar-refractivity contribution in [1.29, 1.82) is 0 Å². The van der Waals surface area contributed by atoms with E-state index in [9.17, 15) is 13.2 Å². The van der Waals surface area contributed by atoms with Gasteiger partial charge in [0.05, 0.1) is 17.4 Å². The summed E-state index contributed by atoms with van der Waals surface area (Å²) in [5.41, 5.74) is 1.33. The van der Waals surface area contributed by atoms with Crippen molar-refractivity contribution in [2.24, 2.45) is 0 Å². The van der Waals surface area contributed by atoms with E-state index in [-0.39, 0.29) is 11.7 Å². The van der Waals surface area contributed by atoms with Crippen molar-refractivity contribution in [2.45, 2.75) is 38.5 Å². The van der Waals surface area contributed by atoms with Crippen molar-refractivity contribution in [3.63, 3.8) is 0 Å². The monoisotopic (exact) mass is 361 g/mol. The molecule has 3 aromatic heterocycles. The highest BCUT2D eigenvalue weighted by Crippen LogP contribution is 2.34. The predicted molar refractivity (Wildman–Crippen MR) is 89.3 cm³/mol. The summed E-state index contributed by atoms with van der Waals surface area (Å²) in [5.74, 6) is 0. The standard InChI is InChI=1S/C18H18F3N5/c1-12-9-16(18(19,20)21)26-17(23-12)10-14(24-26)15-6-4-8-25(15)11-13-5-2-3-7-22-13/h2-3,5,7,9-10,15H,4,6,8,11H2,1H3/t15-/m0/s1. The Bertz CT molecular complexity index is 920. The van der Waals surface area contributed by atoms with Crippen LogP contribution in [-0.4, -0.2) is 31.0 Å². The Labute approximate surface area is 148 Å². The average molecular weight is 361 g/mol. The quantitative estimate of drug-likeness (QED) is 0.712. The Kier molecular flexibility index (Phi) is 4.14. The van der Waals surface area contributed by atoms with E-state index in [0.29, 0.717) is 17.9 Å². The van der Waals surface area contributed by atoms with Gasteiger partial charge >= 0.3 is 6.18 Å². The van der Waals surface area contributed by atoms with Gasteiger partial charge in [-0.1, -0.05) is 6.07 Å². The van der Waals surface area contributed by atoms with E-state index in [0.717, 1.165) is 35.7 Å². The number of nitrogens with zero attached hydrogens (tertiary/aromatic N) is 5. The van der Waals surface area contributed by atoms with Crippen LogP contribution in [0.5, 0.6) is 0 Å². The van der Waals surface area contributed by atoms with Gasteiger partial charge in [-0.3, -0.25) is 9.88 Å². The van der Waals surface area contributed by atoms with E-state index in [2.05, 4.69) is 20.0 Å². The second-order valence-corrected chi connectivity index (χ2v) is 6.57. The molecule has 0 saturated carbocycles. The van der Waals surface area contributed by atoms with Gasteiger partial charge in [-0.25, -0.2) is 9.50 Å². The van der Waals surface area contributed by atoms with Gasteiger partial charge in [0.25, 0.3) is 0 Å². The van der Waals surface area contributed by atoms with Crippen LogP contribution in [-0.2, 0) is 12.7 Å². The molecule has 0 radical (unpaired) electrons. The topological polar surface area (TPSA) is 46.3 Å². The lowest BCUT2D eigenvalue weighted by Crippen LogP contribution is -2.23. The van der Waals surface area contributed by atoms with Gasteiger partial charge in [-0.05, 0) is 44.5 Å². The van der Waals surface area contributed by atoms with Gasteiger partial charge in [0.15, 0.2) is 5.65 Å². The van der Waals surface area contributed by atoms with Crippen molar-refractivity contribution >= 4 is 5.65 Å². The van der Waals surface area contributed by atoms with Crippen molar-refractivity contribution in [3.05, 3.63) is 59.3 Å². The van der Waals surface area contributed by atoms with E-state index in [4.69, 9.17) is 0 Å². The maximum Gasteiger partial charge on any atom is 0.433 e. The van der Waals surface area contributed by atoms with Crippen LogP contribution in [0, 0.1) is 6.92 Å². The molecule has 1 saturated heterocycles. The van der Waals surface area contributed by atoms with Gasteiger partial charge in [-0.2, -0.15) is 18.3 Å². The summed E-state index contributed by atoms with van der Waals surface area (Å²) >= 11 is 0. The Hall–Kier alpha value is -2.48. The Morgan fingerprint density at radius 2 is 2.08 bits per heavy atom. The number of hydrogen-bond donors (Lipinski definition) is 0. The number of pyridine rings is 1. The molecule has 0 aliphatic carbocycles. The number of likely N-dealkylation sites (tertiary alicyclic amines) is 1. The molecule has 1 atom stereocenters. The van der Waals surface area contributed by atoms with Gasteiger partial charge in [0, 0.05) is 24.5 Å². The van der Waals surface area contributed by atoms with Crippen molar-refractivity contribution in [1.82, 2.24) is 24.5 Å². The first kappa shape index (κ1) is 17.0. The fourth-order valence-corrected chi connectivity index (χ4v) is 3.53. The molecule has 1 aliphatic rings. The molecule has 0 amide bonds. The van der Waals surface area contributed by atoms with Gasteiger partial charge in [0.1, 0.15) is 5.69 Å². The number of halogens is 3. The summed E-state index contributed by atoms with van der Waals surface area (Å²) in [6, 6.07) is 8.42. The molecule has 0 aromatic carbocycles. The summed E-state index contributed by atoms with van der Waals surface area (Å²) in [6.45, 7) is 3.08. The van der Waals surface area contributed by atoms with Crippen LogP contribution in [0.4, 0.5) is 13.2 Å². The molecule has 1 fully saturated rings. The fraction of sp³-hybridized carbons (Fsp3) is 0.389. The van der Waals surface area contributed by atoms with Gasteiger partial charge in [0.2, 0.25) is 0 Å². The second kappa shape index (κ2) is 6.35. The molecule has 4 rings (SSSR count).